The zero-order chi connectivity index (χ0) is 14.2. The molecule has 20 heavy (non-hydrogen) atoms. The van der Waals surface area contributed by atoms with Crippen molar-refractivity contribution in [3.05, 3.63) is 42.0 Å². The average Bonchev–Trinajstić information content (AvgIpc) is 2.94. The molecule has 0 atom stereocenters. The SMILES string of the molecule is Cc1ccccc1OCCC(=O)NCCc1ncn[nH]1. The van der Waals surface area contributed by atoms with Crippen molar-refractivity contribution in [2.24, 2.45) is 0 Å². The normalized spacial score (nSPS) is 10.2. The maximum atomic E-state index is 11.6. The molecule has 0 saturated heterocycles. The third-order valence-corrected chi connectivity index (χ3v) is 2.83. The monoisotopic (exact) mass is 274 g/mol. The van der Waals surface area contributed by atoms with Crippen molar-refractivity contribution in [3.63, 3.8) is 0 Å². The number of benzene rings is 1. The average molecular weight is 274 g/mol. The second-order valence-corrected chi connectivity index (χ2v) is 4.40. The van der Waals surface area contributed by atoms with Crippen molar-refractivity contribution in [2.75, 3.05) is 13.2 Å². The van der Waals surface area contributed by atoms with Crippen LogP contribution in [0.25, 0.3) is 0 Å². The van der Waals surface area contributed by atoms with Crippen molar-refractivity contribution < 1.29 is 9.53 Å². The lowest BCUT2D eigenvalue weighted by molar-refractivity contribution is -0.121. The number of para-hydroxylation sites is 1. The number of rotatable bonds is 7. The Morgan fingerprint density at radius 2 is 2.25 bits per heavy atom. The molecule has 0 spiro atoms. The van der Waals surface area contributed by atoms with Gasteiger partial charge in [-0.3, -0.25) is 9.89 Å². The van der Waals surface area contributed by atoms with Crippen LogP contribution in [-0.4, -0.2) is 34.2 Å². The number of hydrogen-bond acceptors (Lipinski definition) is 4. The quantitative estimate of drug-likeness (QED) is 0.796. The van der Waals surface area contributed by atoms with E-state index in [9.17, 15) is 4.79 Å². The van der Waals surface area contributed by atoms with Crippen LogP contribution in [0.1, 0.15) is 17.8 Å². The molecule has 1 heterocycles. The van der Waals surface area contributed by atoms with Crippen molar-refractivity contribution in [1.29, 1.82) is 0 Å². The summed E-state index contributed by atoms with van der Waals surface area (Å²) in [6.45, 7) is 2.89. The fraction of sp³-hybridized carbons (Fsp3) is 0.357. The molecule has 1 amide bonds. The van der Waals surface area contributed by atoms with E-state index < -0.39 is 0 Å². The lowest BCUT2D eigenvalue weighted by Crippen LogP contribution is -2.27. The molecule has 0 bridgehead atoms. The molecule has 6 nitrogen and oxygen atoms in total. The molecule has 2 rings (SSSR count). The third-order valence-electron chi connectivity index (χ3n) is 2.83. The van der Waals surface area contributed by atoms with Crippen LogP contribution in [0.15, 0.2) is 30.6 Å². The van der Waals surface area contributed by atoms with Gasteiger partial charge in [0.2, 0.25) is 5.91 Å². The van der Waals surface area contributed by atoms with Crippen molar-refractivity contribution in [1.82, 2.24) is 20.5 Å². The minimum absolute atomic E-state index is 0.0295. The zero-order valence-electron chi connectivity index (χ0n) is 11.4. The van der Waals surface area contributed by atoms with E-state index >= 15 is 0 Å². The van der Waals surface area contributed by atoms with Gasteiger partial charge in [0.25, 0.3) is 0 Å². The van der Waals surface area contributed by atoms with Gasteiger partial charge in [0, 0.05) is 13.0 Å². The number of aryl methyl sites for hydroxylation is 1. The Morgan fingerprint density at radius 1 is 1.40 bits per heavy atom. The zero-order valence-corrected chi connectivity index (χ0v) is 11.4. The summed E-state index contributed by atoms with van der Waals surface area (Å²) in [6, 6.07) is 7.75. The number of hydrogen-bond donors (Lipinski definition) is 2. The van der Waals surface area contributed by atoms with Gasteiger partial charge in [0.15, 0.2) is 0 Å². The summed E-state index contributed by atoms with van der Waals surface area (Å²) in [5.41, 5.74) is 1.07. The van der Waals surface area contributed by atoms with Crippen LogP contribution >= 0.6 is 0 Å². The van der Waals surface area contributed by atoms with E-state index in [0.29, 0.717) is 26.0 Å². The van der Waals surface area contributed by atoms with Crippen LogP contribution in [0.2, 0.25) is 0 Å². The van der Waals surface area contributed by atoms with E-state index in [1.165, 1.54) is 6.33 Å². The number of nitrogens with zero attached hydrogens (tertiary/aromatic N) is 2. The van der Waals surface area contributed by atoms with Crippen LogP contribution in [0.5, 0.6) is 5.75 Å². The molecule has 0 radical (unpaired) electrons. The van der Waals surface area contributed by atoms with Crippen molar-refractivity contribution in [3.8, 4) is 5.75 Å². The van der Waals surface area contributed by atoms with E-state index in [-0.39, 0.29) is 5.91 Å². The fourth-order valence-corrected chi connectivity index (χ4v) is 1.73. The van der Waals surface area contributed by atoms with Gasteiger partial charge in [-0.05, 0) is 18.6 Å². The maximum Gasteiger partial charge on any atom is 0.223 e. The van der Waals surface area contributed by atoms with Gasteiger partial charge >= 0.3 is 0 Å². The second-order valence-electron chi connectivity index (χ2n) is 4.40. The highest BCUT2D eigenvalue weighted by Crippen LogP contribution is 2.15. The maximum absolute atomic E-state index is 11.6. The summed E-state index contributed by atoms with van der Waals surface area (Å²) in [5.74, 6) is 1.56. The molecule has 2 aromatic rings. The Morgan fingerprint density at radius 3 is 3.00 bits per heavy atom. The molecule has 0 aliphatic rings. The Balaban J connectivity index is 1.62. The van der Waals surface area contributed by atoms with E-state index in [1.54, 1.807) is 0 Å². The molecule has 6 heteroatoms. The van der Waals surface area contributed by atoms with Gasteiger partial charge in [-0.2, -0.15) is 5.10 Å². The lowest BCUT2D eigenvalue weighted by atomic mass is 10.2. The number of amides is 1. The predicted octanol–water partition coefficient (Wildman–Crippen LogP) is 1.24. The lowest BCUT2D eigenvalue weighted by Gasteiger charge is -2.08. The summed E-state index contributed by atoms with van der Waals surface area (Å²) in [5, 5.41) is 9.30. The highest BCUT2D eigenvalue weighted by atomic mass is 16.5. The first-order valence-corrected chi connectivity index (χ1v) is 6.55. The fourth-order valence-electron chi connectivity index (χ4n) is 1.73. The number of H-pyrrole nitrogens is 1. The summed E-state index contributed by atoms with van der Waals surface area (Å²) >= 11 is 0. The molecule has 1 aromatic heterocycles. The van der Waals surface area contributed by atoms with Crippen LogP contribution in [0, 0.1) is 6.92 Å². The number of ether oxygens (including phenoxy) is 1. The van der Waals surface area contributed by atoms with Gasteiger partial charge in [-0.15, -0.1) is 0 Å². The number of nitrogens with one attached hydrogen (secondary N) is 2. The van der Waals surface area contributed by atoms with E-state index in [2.05, 4.69) is 20.5 Å². The standard InChI is InChI=1S/C14H18N4O2/c1-11-4-2-3-5-12(11)20-9-7-14(19)15-8-6-13-16-10-17-18-13/h2-5,10H,6-9H2,1H3,(H,15,19)(H,16,17,18). The Kier molecular flexibility index (Phi) is 5.11. The molecule has 2 N–H and O–H groups in total. The van der Waals surface area contributed by atoms with Gasteiger partial charge in [0.1, 0.15) is 17.9 Å². The highest BCUT2D eigenvalue weighted by Gasteiger charge is 2.03. The second kappa shape index (κ2) is 7.28. The third kappa shape index (κ3) is 4.38. The summed E-state index contributed by atoms with van der Waals surface area (Å²) in [4.78, 5) is 15.6. The Labute approximate surface area is 117 Å². The first-order chi connectivity index (χ1) is 9.75. The summed E-state index contributed by atoms with van der Waals surface area (Å²) in [6.07, 6.45) is 2.43. The smallest absolute Gasteiger partial charge is 0.223 e. The molecule has 1 aromatic carbocycles. The number of carbonyl (C=O) groups excluding carboxylic acids is 1. The van der Waals surface area contributed by atoms with Crippen LogP contribution in [0.4, 0.5) is 0 Å². The molecule has 0 saturated carbocycles. The molecule has 0 unspecified atom stereocenters. The van der Waals surface area contributed by atoms with Gasteiger partial charge in [-0.25, -0.2) is 4.98 Å². The molecule has 0 fully saturated rings. The molecular formula is C14H18N4O2. The van der Waals surface area contributed by atoms with Crippen LogP contribution < -0.4 is 10.1 Å². The van der Waals surface area contributed by atoms with E-state index in [4.69, 9.17) is 4.74 Å². The first-order valence-electron chi connectivity index (χ1n) is 6.55. The molecular weight excluding hydrogens is 256 g/mol. The summed E-state index contributed by atoms with van der Waals surface area (Å²) in [7, 11) is 0. The number of carbonyl (C=O) groups is 1. The molecule has 0 aliphatic carbocycles. The van der Waals surface area contributed by atoms with Gasteiger partial charge in [-0.1, -0.05) is 18.2 Å². The predicted molar refractivity (Wildman–Crippen MR) is 74.4 cm³/mol. The largest absolute Gasteiger partial charge is 0.493 e. The van der Waals surface area contributed by atoms with Crippen molar-refractivity contribution >= 4 is 5.91 Å². The molecule has 0 aliphatic heterocycles. The number of aromatic nitrogens is 3. The topological polar surface area (TPSA) is 79.9 Å². The Bertz CT molecular complexity index is 540. The minimum Gasteiger partial charge on any atom is -0.493 e. The first kappa shape index (κ1) is 14.0. The van der Waals surface area contributed by atoms with Crippen molar-refractivity contribution in [2.45, 2.75) is 19.8 Å². The number of aromatic amines is 1. The van der Waals surface area contributed by atoms with Crippen LogP contribution in [-0.2, 0) is 11.2 Å². The van der Waals surface area contributed by atoms with Gasteiger partial charge in [0.05, 0.1) is 13.0 Å². The summed E-state index contributed by atoms with van der Waals surface area (Å²) < 4.78 is 5.57. The minimum atomic E-state index is -0.0295. The van der Waals surface area contributed by atoms with Crippen LogP contribution in [0.3, 0.4) is 0 Å². The molecule has 106 valence electrons. The Hall–Kier alpha value is -2.37. The highest BCUT2D eigenvalue weighted by molar-refractivity contribution is 5.75. The van der Waals surface area contributed by atoms with E-state index in [1.807, 2.05) is 31.2 Å². The van der Waals surface area contributed by atoms with E-state index in [0.717, 1.165) is 17.1 Å². The van der Waals surface area contributed by atoms with Gasteiger partial charge < -0.3 is 10.1 Å².